The van der Waals surface area contributed by atoms with Crippen LogP contribution in [-0.2, 0) is 4.79 Å². The normalized spacial score (nSPS) is 10.3. The number of urea groups is 1. The van der Waals surface area contributed by atoms with Crippen molar-refractivity contribution in [1.29, 1.82) is 0 Å². The molecule has 3 aromatic rings. The molecule has 0 radical (unpaired) electrons. The summed E-state index contributed by atoms with van der Waals surface area (Å²) in [7, 11) is 3.07. The molecule has 0 unspecified atom stereocenters. The predicted octanol–water partition coefficient (Wildman–Crippen LogP) is 4.24. The van der Waals surface area contributed by atoms with E-state index in [-0.39, 0.29) is 11.7 Å². The van der Waals surface area contributed by atoms with Crippen LogP contribution >= 0.6 is 23.1 Å². The molecule has 0 spiro atoms. The third-order valence-corrected chi connectivity index (χ3v) is 5.92. The van der Waals surface area contributed by atoms with Gasteiger partial charge in [0.2, 0.25) is 11.0 Å². The number of carbonyl (C=O) groups is 2. The molecule has 0 aliphatic carbocycles. The highest BCUT2D eigenvalue weighted by Gasteiger charge is 2.13. The van der Waals surface area contributed by atoms with Gasteiger partial charge in [-0.15, -0.1) is 10.2 Å². The van der Waals surface area contributed by atoms with E-state index in [1.807, 2.05) is 31.2 Å². The molecule has 0 aliphatic heterocycles. The molecule has 162 valence electrons. The quantitative estimate of drug-likeness (QED) is 0.341. The Morgan fingerprint density at radius 3 is 2.48 bits per heavy atom. The van der Waals surface area contributed by atoms with Crippen LogP contribution in [0.25, 0.3) is 0 Å². The molecule has 0 saturated carbocycles. The average Bonchev–Trinajstić information content (AvgIpc) is 3.21. The topological polar surface area (TPSA) is 114 Å². The summed E-state index contributed by atoms with van der Waals surface area (Å²) < 4.78 is 11.0. The standard InChI is InChI=1S/C20H21N5O4S2/c1-12-4-6-13(7-5-12)21-18(27)23-19-24-25-20(31-19)30-11-17(26)22-15-10-14(28-2)8-9-16(15)29-3/h4-10H,11H2,1-3H3,(H,22,26)(H2,21,23,24,27). The van der Waals surface area contributed by atoms with Crippen molar-refractivity contribution in [3.63, 3.8) is 0 Å². The van der Waals surface area contributed by atoms with Crippen LogP contribution in [0.1, 0.15) is 5.56 Å². The number of anilines is 3. The van der Waals surface area contributed by atoms with Gasteiger partial charge in [0.05, 0.1) is 25.7 Å². The van der Waals surface area contributed by atoms with Gasteiger partial charge in [0.25, 0.3) is 0 Å². The Morgan fingerprint density at radius 2 is 1.77 bits per heavy atom. The van der Waals surface area contributed by atoms with E-state index in [1.165, 1.54) is 30.2 Å². The number of thioether (sulfide) groups is 1. The van der Waals surface area contributed by atoms with Crippen molar-refractivity contribution in [3.8, 4) is 11.5 Å². The van der Waals surface area contributed by atoms with Gasteiger partial charge in [-0.25, -0.2) is 4.79 Å². The van der Waals surface area contributed by atoms with Crippen LogP contribution in [0.3, 0.4) is 0 Å². The minimum absolute atomic E-state index is 0.116. The van der Waals surface area contributed by atoms with E-state index in [9.17, 15) is 9.59 Å². The molecule has 0 atom stereocenters. The summed E-state index contributed by atoms with van der Waals surface area (Å²) in [4.78, 5) is 24.4. The average molecular weight is 460 g/mol. The van der Waals surface area contributed by atoms with Crippen molar-refractivity contribution in [2.24, 2.45) is 0 Å². The highest BCUT2D eigenvalue weighted by atomic mass is 32.2. The van der Waals surface area contributed by atoms with Crippen LogP contribution < -0.4 is 25.4 Å². The molecular formula is C20H21N5O4S2. The number of rotatable bonds is 8. The Labute approximate surface area is 187 Å². The number of benzene rings is 2. The number of amides is 3. The maximum atomic E-state index is 12.3. The van der Waals surface area contributed by atoms with E-state index in [2.05, 4.69) is 26.1 Å². The second kappa shape index (κ2) is 10.6. The lowest BCUT2D eigenvalue weighted by Gasteiger charge is -2.11. The zero-order valence-corrected chi connectivity index (χ0v) is 18.7. The van der Waals surface area contributed by atoms with Crippen LogP contribution in [0, 0.1) is 6.92 Å². The number of aryl methyl sites for hydroxylation is 1. The minimum Gasteiger partial charge on any atom is -0.497 e. The highest BCUT2D eigenvalue weighted by Crippen LogP contribution is 2.30. The number of aromatic nitrogens is 2. The second-order valence-corrected chi connectivity index (χ2v) is 8.42. The Morgan fingerprint density at radius 1 is 1.00 bits per heavy atom. The molecule has 2 aromatic carbocycles. The molecule has 9 nitrogen and oxygen atoms in total. The number of nitrogens with one attached hydrogen (secondary N) is 3. The largest absolute Gasteiger partial charge is 0.497 e. The van der Waals surface area contributed by atoms with Crippen LogP contribution in [-0.4, -0.2) is 42.1 Å². The lowest BCUT2D eigenvalue weighted by atomic mass is 10.2. The first kappa shape index (κ1) is 22.4. The summed E-state index contributed by atoms with van der Waals surface area (Å²) in [6.07, 6.45) is 0. The van der Waals surface area contributed by atoms with Gasteiger partial charge in [0, 0.05) is 11.8 Å². The van der Waals surface area contributed by atoms with Gasteiger partial charge in [0.1, 0.15) is 11.5 Å². The molecule has 3 N–H and O–H groups in total. The van der Waals surface area contributed by atoms with Gasteiger partial charge in [-0.05, 0) is 31.2 Å². The molecule has 1 heterocycles. The number of hydrogen-bond donors (Lipinski definition) is 3. The fourth-order valence-corrected chi connectivity index (χ4v) is 3.99. The van der Waals surface area contributed by atoms with E-state index < -0.39 is 6.03 Å². The number of carbonyl (C=O) groups excluding carboxylic acids is 2. The number of hydrogen-bond acceptors (Lipinski definition) is 8. The number of ether oxygens (including phenoxy) is 2. The monoisotopic (exact) mass is 459 g/mol. The first-order valence-electron chi connectivity index (χ1n) is 9.09. The number of methoxy groups -OCH3 is 2. The van der Waals surface area contributed by atoms with Gasteiger partial charge >= 0.3 is 6.03 Å². The summed E-state index contributed by atoms with van der Waals surface area (Å²) >= 11 is 2.39. The van der Waals surface area contributed by atoms with Gasteiger partial charge in [-0.1, -0.05) is 40.8 Å². The van der Waals surface area contributed by atoms with E-state index >= 15 is 0 Å². The summed E-state index contributed by atoms with van der Waals surface area (Å²) in [5.41, 5.74) is 2.29. The molecule has 11 heteroatoms. The summed E-state index contributed by atoms with van der Waals surface area (Å²) in [6.45, 7) is 1.97. The lowest BCUT2D eigenvalue weighted by molar-refractivity contribution is -0.113. The van der Waals surface area contributed by atoms with E-state index in [0.717, 1.165) is 5.56 Å². The van der Waals surface area contributed by atoms with Gasteiger partial charge in [-0.3, -0.25) is 10.1 Å². The van der Waals surface area contributed by atoms with E-state index in [4.69, 9.17) is 9.47 Å². The first-order chi connectivity index (χ1) is 15.0. The Bertz CT molecular complexity index is 1060. The van der Waals surface area contributed by atoms with Crippen molar-refractivity contribution in [1.82, 2.24) is 10.2 Å². The fraction of sp³-hybridized carbons (Fsp3) is 0.200. The molecule has 0 aliphatic rings. The minimum atomic E-state index is -0.417. The summed E-state index contributed by atoms with van der Waals surface area (Å²) in [6, 6.07) is 12.2. The molecule has 3 rings (SSSR count). The second-order valence-electron chi connectivity index (χ2n) is 6.22. The Kier molecular flexibility index (Phi) is 7.68. The van der Waals surface area contributed by atoms with Crippen LogP contribution in [0.5, 0.6) is 11.5 Å². The summed E-state index contributed by atoms with van der Waals surface area (Å²) in [5, 5.41) is 16.4. The zero-order valence-electron chi connectivity index (χ0n) is 17.1. The maximum absolute atomic E-state index is 12.3. The molecule has 0 fully saturated rings. The molecule has 31 heavy (non-hydrogen) atoms. The van der Waals surface area contributed by atoms with E-state index in [0.29, 0.717) is 32.3 Å². The van der Waals surface area contributed by atoms with Gasteiger partial charge in [-0.2, -0.15) is 0 Å². The van der Waals surface area contributed by atoms with Crippen molar-refractivity contribution < 1.29 is 19.1 Å². The van der Waals surface area contributed by atoms with Crippen LogP contribution in [0.4, 0.5) is 21.3 Å². The SMILES string of the molecule is COc1ccc(OC)c(NC(=O)CSc2nnc(NC(=O)Nc3ccc(C)cc3)s2)c1. The van der Waals surface area contributed by atoms with Gasteiger partial charge < -0.3 is 20.1 Å². The highest BCUT2D eigenvalue weighted by molar-refractivity contribution is 8.01. The van der Waals surface area contributed by atoms with Crippen molar-refractivity contribution in [3.05, 3.63) is 48.0 Å². The molecular weight excluding hydrogens is 438 g/mol. The van der Waals surface area contributed by atoms with Crippen molar-refractivity contribution in [2.75, 3.05) is 35.9 Å². The number of nitrogens with zero attached hydrogens (tertiary/aromatic N) is 2. The molecule has 1 aromatic heterocycles. The third kappa shape index (κ3) is 6.59. The first-order valence-corrected chi connectivity index (χ1v) is 10.9. The van der Waals surface area contributed by atoms with E-state index in [1.54, 1.807) is 25.3 Å². The predicted molar refractivity (Wildman–Crippen MR) is 123 cm³/mol. The third-order valence-electron chi connectivity index (χ3n) is 3.94. The maximum Gasteiger partial charge on any atom is 0.325 e. The Balaban J connectivity index is 1.50. The van der Waals surface area contributed by atoms with Crippen LogP contribution in [0.2, 0.25) is 0 Å². The van der Waals surface area contributed by atoms with Crippen molar-refractivity contribution >= 4 is 51.5 Å². The van der Waals surface area contributed by atoms with Gasteiger partial charge in [0.15, 0.2) is 4.34 Å². The smallest absolute Gasteiger partial charge is 0.325 e. The van der Waals surface area contributed by atoms with Crippen LogP contribution in [0.15, 0.2) is 46.8 Å². The summed E-state index contributed by atoms with van der Waals surface area (Å²) in [5.74, 6) is 1.01. The Hall–Kier alpha value is -3.31. The molecule has 0 saturated heterocycles. The van der Waals surface area contributed by atoms with Crippen molar-refractivity contribution in [2.45, 2.75) is 11.3 Å². The zero-order chi connectivity index (χ0) is 22.2. The lowest BCUT2D eigenvalue weighted by Crippen LogP contribution is -2.19. The fourth-order valence-electron chi connectivity index (χ4n) is 2.44. The molecule has 0 bridgehead atoms. The molecule has 3 amide bonds.